The third-order valence-corrected chi connectivity index (χ3v) is 2.83. The zero-order valence-corrected chi connectivity index (χ0v) is 10.8. The lowest BCUT2D eigenvalue weighted by Crippen LogP contribution is -2.54. The summed E-state index contributed by atoms with van der Waals surface area (Å²) in [4.78, 5) is 10.8. The van der Waals surface area contributed by atoms with Crippen LogP contribution in [-0.4, -0.2) is 61.2 Å². The molecule has 0 radical (unpaired) electrons. The highest BCUT2D eigenvalue weighted by molar-refractivity contribution is 5.41. The maximum absolute atomic E-state index is 5.49. The van der Waals surface area contributed by atoms with Gasteiger partial charge in [-0.2, -0.15) is 4.98 Å². The van der Waals surface area contributed by atoms with E-state index in [0.717, 1.165) is 44.5 Å². The molecule has 1 fully saturated rings. The summed E-state index contributed by atoms with van der Waals surface area (Å²) in [5.74, 6) is 1.58. The Labute approximate surface area is 107 Å². The predicted octanol–water partition coefficient (Wildman–Crippen LogP) is -0.896. The molecule has 18 heavy (non-hydrogen) atoms. The number of aromatic nitrogens is 2. The number of nitrogens with one attached hydrogen (secondary N) is 2. The number of nitrogens with zero attached hydrogens (tertiary/aromatic N) is 4. The molecule has 0 spiro atoms. The lowest BCUT2D eigenvalue weighted by Gasteiger charge is -2.31. The minimum absolute atomic E-state index is 0.689. The van der Waals surface area contributed by atoms with Crippen molar-refractivity contribution in [1.29, 1.82) is 0 Å². The Bertz CT molecular complexity index is 366. The molecule has 7 nitrogen and oxygen atoms in total. The molecule has 2 rings (SSSR count). The highest BCUT2D eigenvalue weighted by Gasteiger charge is 2.16. The van der Waals surface area contributed by atoms with E-state index in [1.165, 1.54) is 0 Å². The van der Waals surface area contributed by atoms with Gasteiger partial charge in [0.05, 0.1) is 6.54 Å². The van der Waals surface area contributed by atoms with E-state index in [0.29, 0.717) is 6.54 Å². The zero-order chi connectivity index (χ0) is 12.8. The Morgan fingerprint density at radius 3 is 3.06 bits per heavy atom. The van der Waals surface area contributed by atoms with Crippen LogP contribution in [0, 0.1) is 0 Å². The fourth-order valence-electron chi connectivity index (χ4n) is 1.68. The first-order valence-electron chi connectivity index (χ1n) is 6.26. The van der Waals surface area contributed by atoms with Gasteiger partial charge >= 0.3 is 0 Å². The number of anilines is 2. The van der Waals surface area contributed by atoms with Crippen molar-refractivity contribution < 1.29 is 0 Å². The summed E-state index contributed by atoms with van der Waals surface area (Å²) in [6.45, 7) is 5.34. The van der Waals surface area contributed by atoms with Gasteiger partial charge in [0.2, 0.25) is 5.95 Å². The minimum atomic E-state index is 0.689. The van der Waals surface area contributed by atoms with Gasteiger partial charge in [0, 0.05) is 38.9 Å². The van der Waals surface area contributed by atoms with Gasteiger partial charge in [-0.1, -0.05) is 0 Å². The quantitative estimate of drug-likeness (QED) is 0.579. The van der Waals surface area contributed by atoms with E-state index in [-0.39, 0.29) is 0 Å². The molecular formula is C11H21N7. The first kappa shape index (κ1) is 13.0. The SMILES string of the molecule is CN(CCN)CCNc1ccnc(N2CCN2)n1. The second kappa shape index (κ2) is 6.48. The predicted molar refractivity (Wildman–Crippen MR) is 72.4 cm³/mol. The van der Waals surface area contributed by atoms with Crippen molar-refractivity contribution in [2.24, 2.45) is 5.73 Å². The first-order valence-corrected chi connectivity index (χ1v) is 6.26. The molecule has 4 N–H and O–H groups in total. The number of hydrogen-bond acceptors (Lipinski definition) is 7. The van der Waals surface area contributed by atoms with Gasteiger partial charge < -0.3 is 16.0 Å². The topological polar surface area (TPSA) is 82.3 Å². The zero-order valence-electron chi connectivity index (χ0n) is 10.8. The normalized spacial score (nSPS) is 14.7. The molecule has 0 aromatic carbocycles. The lowest BCUT2D eigenvalue weighted by molar-refractivity contribution is 0.357. The van der Waals surface area contributed by atoms with Gasteiger partial charge in [-0.25, -0.2) is 10.4 Å². The lowest BCUT2D eigenvalue weighted by atomic mass is 10.4. The van der Waals surface area contributed by atoms with Crippen molar-refractivity contribution in [2.75, 3.05) is 56.6 Å². The van der Waals surface area contributed by atoms with Gasteiger partial charge in [-0.15, -0.1) is 0 Å². The summed E-state index contributed by atoms with van der Waals surface area (Å²) in [6, 6.07) is 1.88. The van der Waals surface area contributed by atoms with E-state index in [4.69, 9.17) is 5.73 Å². The van der Waals surface area contributed by atoms with Gasteiger partial charge in [0.1, 0.15) is 5.82 Å². The van der Waals surface area contributed by atoms with Crippen LogP contribution in [0.4, 0.5) is 11.8 Å². The highest BCUT2D eigenvalue weighted by atomic mass is 15.6. The number of rotatable bonds is 7. The largest absolute Gasteiger partial charge is 0.369 e. The van der Waals surface area contributed by atoms with Crippen LogP contribution in [0.3, 0.4) is 0 Å². The van der Waals surface area contributed by atoms with E-state index >= 15 is 0 Å². The van der Waals surface area contributed by atoms with E-state index in [1.807, 2.05) is 11.1 Å². The number of nitrogens with two attached hydrogens (primary N) is 1. The molecule has 0 saturated carbocycles. The molecule has 2 heterocycles. The Morgan fingerprint density at radius 1 is 1.56 bits per heavy atom. The van der Waals surface area contributed by atoms with Crippen LogP contribution in [0.2, 0.25) is 0 Å². The molecule has 0 unspecified atom stereocenters. The molecule has 100 valence electrons. The van der Waals surface area contributed by atoms with E-state index in [1.54, 1.807) is 6.20 Å². The van der Waals surface area contributed by atoms with Gasteiger partial charge in [-0.05, 0) is 13.1 Å². The molecule has 1 aliphatic rings. The third kappa shape index (κ3) is 3.52. The van der Waals surface area contributed by atoms with Gasteiger partial charge in [0.15, 0.2) is 0 Å². The smallest absolute Gasteiger partial charge is 0.241 e. The van der Waals surface area contributed by atoms with Crippen LogP contribution in [0.15, 0.2) is 12.3 Å². The second-order valence-corrected chi connectivity index (χ2v) is 4.32. The maximum Gasteiger partial charge on any atom is 0.241 e. The summed E-state index contributed by atoms with van der Waals surface area (Å²) in [6.07, 6.45) is 1.77. The summed E-state index contributed by atoms with van der Waals surface area (Å²) in [7, 11) is 2.06. The van der Waals surface area contributed by atoms with Crippen LogP contribution < -0.4 is 21.5 Å². The first-order chi connectivity index (χ1) is 8.79. The number of hydrazine groups is 1. The van der Waals surface area contributed by atoms with Crippen LogP contribution in [0.1, 0.15) is 0 Å². The highest BCUT2D eigenvalue weighted by Crippen LogP contribution is 2.11. The molecule has 1 aromatic heterocycles. The van der Waals surface area contributed by atoms with Crippen molar-refractivity contribution in [3.63, 3.8) is 0 Å². The Balaban J connectivity index is 1.78. The van der Waals surface area contributed by atoms with E-state index in [9.17, 15) is 0 Å². The van der Waals surface area contributed by atoms with E-state index in [2.05, 4.69) is 32.7 Å². The minimum Gasteiger partial charge on any atom is -0.369 e. The summed E-state index contributed by atoms with van der Waals surface area (Å²) in [5, 5.41) is 5.23. The molecule has 1 saturated heterocycles. The third-order valence-electron chi connectivity index (χ3n) is 2.83. The Kier molecular flexibility index (Phi) is 4.68. The molecule has 1 aromatic rings. The van der Waals surface area contributed by atoms with Crippen LogP contribution >= 0.6 is 0 Å². The monoisotopic (exact) mass is 251 g/mol. The van der Waals surface area contributed by atoms with E-state index < -0.39 is 0 Å². The summed E-state index contributed by atoms with van der Waals surface area (Å²) >= 11 is 0. The standard InChI is InChI=1S/C11H21N7/c1-17(7-3-12)8-5-13-10-2-4-14-11(16-10)18-9-6-15-18/h2,4,15H,3,5-9,12H2,1H3,(H,13,14,16). The summed E-state index contributed by atoms with van der Waals surface area (Å²) < 4.78 is 0. The van der Waals surface area contributed by atoms with Gasteiger partial charge in [0.25, 0.3) is 0 Å². The van der Waals surface area contributed by atoms with Crippen molar-refractivity contribution in [3.05, 3.63) is 12.3 Å². The van der Waals surface area contributed by atoms with Crippen LogP contribution in [0.5, 0.6) is 0 Å². The van der Waals surface area contributed by atoms with Crippen molar-refractivity contribution in [1.82, 2.24) is 20.3 Å². The van der Waals surface area contributed by atoms with Crippen LogP contribution in [0.25, 0.3) is 0 Å². The Morgan fingerprint density at radius 2 is 2.39 bits per heavy atom. The molecule has 0 atom stereocenters. The average molecular weight is 251 g/mol. The average Bonchev–Trinajstić information content (AvgIpc) is 2.27. The molecule has 1 aliphatic heterocycles. The molecule has 0 bridgehead atoms. The van der Waals surface area contributed by atoms with Crippen molar-refractivity contribution >= 4 is 11.8 Å². The fraction of sp³-hybridized carbons (Fsp3) is 0.636. The summed E-state index contributed by atoms with van der Waals surface area (Å²) in [5.41, 5.74) is 8.63. The second-order valence-electron chi connectivity index (χ2n) is 4.32. The number of likely N-dealkylation sites (N-methyl/N-ethyl adjacent to an activating group) is 1. The molecule has 0 amide bonds. The van der Waals surface area contributed by atoms with Crippen molar-refractivity contribution in [2.45, 2.75) is 0 Å². The number of hydrogen-bond donors (Lipinski definition) is 3. The molecule has 0 aliphatic carbocycles. The molecular weight excluding hydrogens is 230 g/mol. The Hall–Kier alpha value is -1.44. The van der Waals surface area contributed by atoms with Crippen LogP contribution in [-0.2, 0) is 0 Å². The van der Waals surface area contributed by atoms with Gasteiger partial charge in [-0.3, -0.25) is 5.01 Å². The molecule has 7 heteroatoms. The van der Waals surface area contributed by atoms with Crippen molar-refractivity contribution in [3.8, 4) is 0 Å². The fourth-order valence-corrected chi connectivity index (χ4v) is 1.68. The maximum atomic E-state index is 5.49.